The molecule has 2 rings (SSSR count). The van der Waals surface area contributed by atoms with Crippen LogP contribution in [-0.2, 0) is 9.53 Å². The van der Waals surface area contributed by atoms with Crippen LogP contribution in [0.4, 0.5) is 0 Å². The molecule has 4 nitrogen and oxygen atoms in total. The predicted molar refractivity (Wildman–Crippen MR) is 77.2 cm³/mol. The molecule has 0 saturated carbocycles. The lowest BCUT2D eigenvalue weighted by molar-refractivity contribution is -0.132. The molecule has 1 saturated heterocycles. The maximum absolute atomic E-state index is 12.2. The van der Waals surface area contributed by atoms with Crippen LogP contribution in [0.2, 0.25) is 0 Å². The number of benzene rings is 1. The zero-order valence-corrected chi connectivity index (χ0v) is 12.5. The van der Waals surface area contributed by atoms with Gasteiger partial charge in [0.25, 0.3) is 5.91 Å². The van der Waals surface area contributed by atoms with Gasteiger partial charge in [0.2, 0.25) is 0 Å². The molecule has 1 heterocycles. The zero-order valence-electron chi connectivity index (χ0n) is 12.5. The van der Waals surface area contributed by atoms with Crippen molar-refractivity contribution in [1.82, 2.24) is 5.32 Å². The quantitative estimate of drug-likeness (QED) is 0.890. The second kappa shape index (κ2) is 5.19. The highest BCUT2D eigenvalue weighted by atomic mass is 16.5. The van der Waals surface area contributed by atoms with Gasteiger partial charge in [0, 0.05) is 0 Å². The number of aliphatic hydroxyl groups excluding tert-OH is 1. The number of hydrogen-bond acceptors (Lipinski definition) is 3. The summed E-state index contributed by atoms with van der Waals surface area (Å²) >= 11 is 0. The summed E-state index contributed by atoms with van der Waals surface area (Å²) in [6.45, 7) is 7.94. The molecule has 0 aliphatic carbocycles. The maximum Gasteiger partial charge on any atom is 0.253 e. The normalized spacial score (nSPS) is 25.1. The average Bonchev–Trinajstić information content (AvgIpc) is 2.57. The third kappa shape index (κ3) is 3.19. The van der Waals surface area contributed by atoms with Crippen molar-refractivity contribution in [2.24, 2.45) is 0 Å². The van der Waals surface area contributed by atoms with Gasteiger partial charge in [0.05, 0.1) is 17.2 Å². The Bertz CT molecular complexity index is 482. The minimum atomic E-state index is -1.14. The van der Waals surface area contributed by atoms with Gasteiger partial charge >= 0.3 is 0 Å². The molecule has 2 atom stereocenters. The number of hydrogen-bond donors (Lipinski definition) is 2. The second-order valence-corrected chi connectivity index (χ2v) is 6.54. The summed E-state index contributed by atoms with van der Waals surface area (Å²) in [5, 5.41) is 13.0. The maximum atomic E-state index is 12.2. The molecular weight excluding hydrogens is 254 g/mol. The molecule has 1 fully saturated rings. The molecule has 2 N–H and O–H groups in total. The lowest BCUT2D eigenvalue weighted by atomic mass is 9.94. The highest BCUT2D eigenvalue weighted by Gasteiger charge is 2.46. The summed E-state index contributed by atoms with van der Waals surface area (Å²) < 4.78 is 5.94. The Morgan fingerprint density at radius 1 is 1.30 bits per heavy atom. The van der Waals surface area contributed by atoms with Gasteiger partial charge in [-0.3, -0.25) is 4.79 Å². The van der Waals surface area contributed by atoms with E-state index in [9.17, 15) is 9.90 Å². The summed E-state index contributed by atoms with van der Waals surface area (Å²) in [4.78, 5) is 12.2. The van der Waals surface area contributed by atoms with Crippen LogP contribution in [0.1, 0.15) is 45.8 Å². The van der Waals surface area contributed by atoms with Crippen LogP contribution in [0, 0.1) is 0 Å². The number of amides is 1. The summed E-state index contributed by atoms with van der Waals surface area (Å²) in [7, 11) is 0. The molecule has 4 heteroatoms. The number of nitrogens with one attached hydrogen (secondary N) is 1. The first-order valence-corrected chi connectivity index (χ1v) is 6.95. The molecule has 2 unspecified atom stereocenters. The van der Waals surface area contributed by atoms with Gasteiger partial charge in [-0.25, -0.2) is 0 Å². The van der Waals surface area contributed by atoms with Gasteiger partial charge in [0.1, 0.15) is 0 Å². The number of carbonyl (C=O) groups excluding carboxylic acids is 1. The monoisotopic (exact) mass is 277 g/mol. The van der Waals surface area contributed by atoms with Crippen molar-refractivity contribution < 1.29 is 14.6 Å². The summed E-state index contributed by atoms with van der Waals surface area (Å²) in [6, 6.07) is 8.83. The van der Waals surface area contributed by atoms with Gasteiger partial charge in [-0.1, -0.05) is 30.3 Å². The van der Waals surface area contributed by atoms with Gasteiger partial charge in [-0.15, -0.1) is 0 Å². The fourth-order valence-corrected chi connectivity index (χ4v) is 2.82. The first kappa shape index (κ1) is 15.0. The van der Waals surface area contributed by atoms with Crippen LogP contribution >= 0.6 is 0 Å². The second-order valence-electron chi connectivity index (χ2n) is 6.54. The smallest absolute Gasteiger partial charge is 0.253 e. The van der Waals surface area contributed by atoms with Crippen LogP contribution in [0.15, 0.2) is 30.3 Å². The molecule has 0 aromatic heterocycles. The van der Waals surface area contributed by atoms with E-state index < -0.39 is 11.7 Å². The molecule has 0 bridgehead atoms. The van der Waals surface area contributed by atoms with Crippen molar-refractivity contribution >= 4 is 5.91 Å². The Kier molecular flexibility index (Phi) is 3.89. The van der Waals surface area contributed by atoms with Gasteiger partial charge in [-0.05, 0) is 39.7 Å². The fraction of sp³-hybridized carbons (Fsp3) is 0.562. The Hall–Kier alpha value is -1.39. The van der Waals surface area contributed by atoms with E-state index in [0.29, 0.717) is 5.56 Å². The first-order chi connectivity index (χ1) is 9.21. The van der Waals surface area contributed by atoms with Crippen molar-refractivity contribution in [3.63, 3.8) is 0 Å². The molecule has 0 spiro atoms. The van der Waals surface area contributed by atoms with E-state index in [1.165, 1.54) is 0 Å². The molecule has 1 aliphatic rings. The standard InChI is InChI=1S/C16H23NO3/c1-15(2)10-12(16(3,4)20-15)17-14(19)13(18)11-8-6-5-7-9-11/h5-9,12-13,18H,10H2,1-4H3,(H,17,19). The molecular formula is C16H23NO3. The highest BCUT2D eigenvalue weighted by molar-refractivity contribution is 5.82. The number of aliphatic hydroxyl groups is 1. The van der Waals surface area contributed by atoms with E-state index in [1.807, 2.05) is 33.8 Å². The molecule has 20 heavy (non-hydrogen) atoms. The molecule has 1 aromatic rings. The minimum absolute atomic E-state index is 0.108. The fourth-order valence-electron chi connectivity index (χ4n) is 2.82. The molecule has 0 radical (unpaired) electrons. The lowest BCUT2D eigenvalue weighted by Gasteiger charge is -2.28. The molecule has 110 valence electrons. The van der Waals surface area contributed by atoms with Crippen LogP contribution in [0.25, 0.3) is 0 Å². The molecule has 1 aromatic carbocycles. The van der Waals surface area contributed by atoms with Crippen molar-refractivity contribution in [1.29, 1.82) is 0 Å². The average molecular weight is 277 g/mol. The van der Waals surface area contributed by atoms with Gasteiger partial charge in [-0.2, -0.15) is 0 Å². The summed E-state index contributed by atoms with van der Waals surface area (Å²) in [5.74, 6) is -0.379. The molecule has 1 amide bonds. The first-order valence-electron chi connectivity index (χ1n) is 6.95. The van der Waals surface area contributed by atoms with Crippen molar-refractivity contribution in [2.45, 2.75) is 57.5 Å². The van der Waals surface area contributed by atoms with E-state index >= 15 is 0 Å². The van der Waals surface area contributed by atoms with Gasteiger partial charge in [0.15, 0.2) is 6.10 Å². The van der Waals surface area contributed by atoms with E-state index in [4.69, 9.17) is 4.74 Å². The Morgan fingerprint density at radius 2 is 1.90 bits per heavy atom. The third-order valence-corrected chi connectivity index (χ3v) is 3.75. The lowest BCUT2D eigenvalue weighted by Crippen LogP contribution is -2.47. The van der Waals surface area contributed by atoms with Crippen molar-refractivity contribution in [2.75, 3.05) is 0 Å². The molecule has 1 aliphatic heterocycles. The Labute approximate surface area is 120 Å². The minimum Gasteiger partial charge on any atom is -0.378 e. The number of ether oxygens (including phenoxy) is 1. The van der Waals surface area contributed by atoms with Crippen LogP contribution < -0.4 is 5.32 Å². The topological polar surface area (TPSA) is 58.6 Å². The predicted octanol–water partition coefficient (Wildman–Crippen LogP) is 2.18. The summed E-state index contributed by atoms with van der Waals surface area (Å²) in [5.41, 5.74) is -0.102. The number of carbonyl (C=O) groups is 1. The Morgan fingerprint density at radius 3 is 2.40 bits per heavy atom. The Balaban J connectivity index is 2.05. The van der Waals surface area contributed by atoms with Crippen molar-refractivity contribution in [3.05, 3.63) is 35.9 Å². The largest absolute Gasteiger partial charge is 0.378 e. The van der Waals surface area contributed by atoms with Crippen LogP contribution in [0.3, 0.4) is 0 Å². The number of rotatable bonds is 3. The van der Waals surface area contributed by atoms with E-state index in [2.05, 4.69) is 5.32 Å². The van der Waals surface area contributed by atoms with Gasteiger partial charge < -0.3 is 15.2 Å². The third-order valence-electron chi connectivity index (χ3n) is 3.75. The van der Waals surface area contributed by atoms with Crippen LogP contribution in [-0.4, -0.2) is 28.3 Å². The van der Waals surface area contributed by atoms with E-state index in [0.717, 1.165) is 6.42 Å². The van der Waals surface area contributed by atoms with E-state index in [-0.39, 0.29) is 17.6 Å². The highest BCUT2D eigenvalue weighted by Crippen LogP contribution is 2.37. The zero-order chi connectivity index (χ0) is 15.0. The van der Waals surface area contributed by atoms with E-state index in [1.54, 1.807) is 24.3 Å². The summed E-state index contributed by atoms with van der Waals surface area (Å²) in [6.07, 6.45) is -0.413. The van der Waals surface area contributed by atoms with Crippen molar-refractivity contribution in [3.8, 4) is 0 Å². The SMILES string of the molecule is CC1(C)CC(NC(=O)C(O)c2ccccc2)C(C)(C)O1. The van der Waals surface area contributed by atoms with Crippen LogP contribution in [0.5, 0.6) is 0 Å².